The third-order valence-corrected chi connectivity index (χ3v) is 2.49. The highest BCUT2D eigenvalue weighted by molar-refractivity contribution is 5.88. The molecule has 1 N–H and O–H groups in total. The Morgan fingerprint density at radius 1 is 1.50 bits per heavy atom. The molecule has 8 heteroatoms. The molecule has 20 heavy (non-hydrogen) atoms. The molecule has 2 rings (SSSR count). The Bertz CT molecular complexity index is 664. The number of aromatic carboxylic acids is 1. The molecule has 0 atom stereocenters. The third-order valence-electron chi connectivity index (χ3n) is 2.49. The summed E-state index contributed by atoms with van der Waals surface area (Å²) in [6.07, 6.45) is 1.21. The Labute approximate surface area is 112 Å². The first kappa shape index (κ1) is 13.5. The summed E-state index contributed by atoms with van der Waals surface area (Å²) in [4.78, 5) is 24.8. The molecular formula is C12H10N2O6. The summed E-state index contributed by atoms with van der Waals surface area (Å²) in [6.45, 7) is 1.38. The molecule has 0 saturated carbocycles. The van der Waals surface area contributed by atoms with Crippen LogP contribution in [0.4, 0.5) is 5.82 Å². The molecule has 0 fully saturated rings. The van der Waals surface area contributed by atoms with Gasteiger partial charge in [-0.05, 0) is 28.1 Å². The highest BCUT2D eigenvalue weighted by Crippen LogP contribution is 2.26. The van der Waals surface area contributed by atoms with E-state index in [2.05, 4.69) is 4.98 Å². The quantitative estimate of drug-likeness (QED) is 0.658. The number of carboxylic acids is 1. The summed E-state index contributed by atoms with van der Waals surface area (Å²) in [5, 5.41) is 19.8. The monoisotopic (exact) mass is 278 g/mol. The largest absolute Gasteiger partial charge is 0.478 e. The average Bonchev–Trinajstić information content (AvgIpc) is 2.85. The van der Waals surface area contributed by atoms with Crippen molar-refractivity contribution in [2.45, 2.75) is 13.5 Å². The second kappa shape index (κ2) is 5.39. The van der Waals surface area contributed by atoms with Gasteiger partial charge in [0.1, 0.15) is 17.9 Å². The van der Waals surface area contributed by atoms with E-state index in [4.69, 9.17) is 14.3 Å². The second-order valence-corrected chi connectivity index (χ2v) is 3.88. The Balaban J connectivity index is 2.21. The van der Waals surface area contributed by atoms with Crippen LogP contribution < -0.4 is 4.74 Å². The molecule has 0 saturated heterocycles. The number of carboxylic acid groups (broad SMARTS) is 1. The van der Waals surface area contributed by atoms with Gasteiger partial charge in [0.25, 0.3) is 0 Å². The van der Waals surface area contributed by atoms with Gasteiger partial charge in [-0.2, -0.15) is 0 Å². The number of pyridine rings is 1. The van der Waals surface area contributed by atoms with Crippen molar-refractivity contribution in [3.8, 4) is 5.75 Å². The normalized spacial score (nSPS) is 10.2. The Morgan fingerprint density at radius 3 is 2.90 bits per heavy atom. The lowest BCUT2D eigenvalue weighted by Gasteiger charge is -2.05. The molecule has 0 spiro atoms. The number of nitrogens with zero attached hydrogens (tertiary/aromatic N) is 2. The van der Waals surface area contributed by atoms with E-state index in [9.17, 15) is 14.9 Å². The van der Waals surface area contributed by atoms with Crippen LogP contribution in [0.25, 0.3) is 0 Å². The first-order valence-electron chi connectivity index (χ1n) is 5.53. The van der Waals surface area contributed by atoms with E-state index in [-0.39, 0.29) is 23.7 Å². The van der Waals surface area contributed by atoms with Crippen molar-refractivity contribution < 1.29 is 24.0 Å². The predicted molar refractivity (Wildman–Crippen MR) is 65.6 cm³/mol. The first-order valence-corrected chi connectivity index (χ1v) is 5.53. The van der Waals surface area contributed by atoms with Gasteiger partial charge in [-0.3, -0.25) is 0 Å². The van der Waals surface area contributed by atoms with Crippen LogP contribution in [0.2, 0.25) is 0 Å². The van der Waals surface area contributed by atoms with Gasteiger partial charge in [0, 0.05) is 6.92 Å². The smallest absolute Gasteiger partial charge is 0.406 e. The highest BCUT2D eigenvalue weighted by atomic mass is 16.6. The van der Waals surface area contributed by atoms with Crippen LogP contribution in [0.5, 0.6) is 5.75 Å². The zero-order valence-electron chi connectivity index (χ0n) is 10.4. The molecule has 0 bridgehead atoms. The average molecular weight is 278 g/mol. The SMILES string of the molecule is Cc1ccc(OCc2occc2C(=O)O)c([N+](=O)[O-])n1. The maximum Gasteiger partial charge on any atom is 0.406 e. The zero-order chi connectivity index (χ0) is 14.7. The molecule has 0 unspecified atom stereocenters. The van der Waals surface area contributed by atoms with Crippen molar-refractivity contribution in [3.63, 3.8) is 0 Å². The van der Waals surface area contributed by atoms with Crippen molar-refractivity contribution in [1.29, 1.82) is 0 Å². The minimum absolute atomic E-state index is 0.0478. The van der Waals surface area contributed by atoms with E-state index in [1.807, 2.05) is 0 Å². The number of ether oxygens (including phenoxy) is 1. The molecule has 2 aromatic heterocycles. The maximum atomic E-state index is 10.9. The Kier molecular flexibility index (Phi) is 3.65. The Hall–Kier alpha value is -2.90. The van der Waals surface area contributed by atoms with Gasteiger partial charge in [-0.1, -0.05) is 0 Å². The summed E-state index contributed by atoms with van der Waals surface area (Å²) in [5.41, 5.74) is 0.431. The number of hydrogen-bond donors (Lipinski definition) is 1. The summed E-state index contributed by atoms with van der Waals surface area (Å²) >= 11 is 0. The van der Waals surface area contributed by atoms with Gasteiger partial charge in [-0.25, -0.2) is 4.79 Å². The van der Waals surface area contributed by atoms with Crippen molar-refractivity contribution in [2.75, 3.05) is 0 Å². The molecule has 0 radical (unpaired) electrons. The summed E-state index contributed by atoms with van der Waals surface area (Å²) in [5.74, 6) is -1.55. The molecule has 2 aromatic rings. The van der Waals surface area contributed by atoms with Gasteiger partial charge < -0.3 is 24.4 Å². The molecule has 0 aliphatic carbocycles. The molecule has 2 heterocycles. The number of rotatable bonds is 5. The van der Waals surface area contributed by atoms with E-state index in [1.165, 1.54) is 18.4 Å². The van der Waals surface area contributed by atoms with Gasteiger partial charge in [0.05, 0.1) is 6.26 Å². The van der Waals surface area contributed by atoms with Crippen LogP contribution >= 0.6 is 0 Å². The van der Waals surface area contributed by atoms with Crippen molar-refractivity contribution >= 4 is 11.8 Å². The number of carbonyl (C=O) groups is 1. The molecule has 104 valence electrons. The third kappa shape index (κ3) is 2.74. The van der Waals surface area contributed by atoms with Crippen LogP contribution in [0.15, 0.2) is 28.9 Å². The van der Waals surface area contributed by atoms with E-state index >= 15 is 0 Å². The van der Waals surface area contributed by atoms with Crippen molar-refractivity contribution in [2.24, 2.45) is 0 Å². The fraction of sp³-hybridized carbons (Fsp3) is 0.167. The maximum absolute atomic E-state index is 10.9. The molecule has 0 aliphatic heterocycles. The highest BCUT2D eigenvalue weighted by Gasteiger charge is 2.20. The number of hydrogen-bond acceptors (Lipinski definition) is 6. The van der Waals surface area contributed by atoms with Gasteiger partial charge >= 0.3 is 11.8 Å². The lowest BCUT2D eigenvalue weighted by molar-refractivity contribution is -0.390. The number of aryl methyl sites for hydroxylation is 1. The Morgan fingerprint density at radius 2 is 2.25 bits per heavy atom. The number of furan rings is 1. The minimum Gasteiger partial charge on any atom is -0.478 e. The fourth-order valence-electron chi connectivity index (χ4n) is 1.56. The van der Waals surface area contributed by atoms with Crippen LogP contribution in [0.1, 0.15) is 21.8 Å². The number of nitro groups is 1. The van der Waals surface area contributed by atoms with Crippen LogP contribution in [0.3, 0.4) is 0 Å². The summed E-state index contributed by atoms with van der Waals surface area (Å²) in [6, 6.07) is 4.25. The van der Waals surface area contributed by atoms with Crippen LogP contribution in [-0.4, -0.2) is 21.0 Å². The van der Waals surface area contributed by atoms with E-state index in [1.54, 1.807) is 13.0 Å². The van der Waals surface area contributed by atoms with Gasteiger partial charge in [0.15, 0.2) is 5.76 Å². The molecular weight excluding hydrogens is 268 g/mol. The van der Waals surface area contributed by atoms with Gasteiger partial charge in [0.2, 0.25) is 5.75 Å². The van der Waals surface area contributed by atoms with Crippen LogP contribution in [-0.2, 0) is 6.61 Å². The van der Waals surface area contributed by atoms with Crippen molar-refractivity contribution in [3.05, 3.63) is 51.6 Å². The lowest BCUT2D eigenvalue weighted by Crippen LogP contribution is -2.04. The first-order chi connectivity index (χ1) is 9.49. The van der Waals surface area contributed by atoms with Crippen molar-refractivity contribution in [1.82, 2.24) is 4.98 Å². The zero-order valence-corrected chi connectivity index (χ0v) is 10.4. The number of aromatic nitrogens is 1. The topological polar surface area (TPSA) is 116 Å². The fourth-order valence-corrected chi connectivity index (χ4v) is 1.56. The van der Waals surface area contributed by atoms with E-state index in [0.29, 0.717) is 5.69 Å². The summed E-state index contributed by atoms with van der Waals surface area (Å²) < 4.78 is 10.2. The molecule has 8 nitrogen and oxygen atoms in total. The minimum atomic E-state index is -1.16. The lowest BCUT2D eigenvalue weighted by atomic mass is 10.2. The second-order valence-electron chi connectivity index (χ2n) is 3.88. The molecule has 0 aliphatic rings. The van der Waals surface area contributed by atoms with E-state index in [0.717, 1.165) is 0 Å². The van der Waals surface area contributed by atoms with Gasteiger partial charge in [-0.15, -0.1) is 0 Å². The molecule has 0 aromatic carbocycles. The molecule has 0 amide bonds. The standard InChI is InChI=1S/C12H10N2O6/c1-7-2-3-9(11(13-7)14(17)18)20-6-10-8(12(15)16)4-5-19-10/h2-5H,6H2,1H3,(H,15,16). The predicted octanol–water partition coefficient (Wildman–Crippen LogP) is 2.17. The van der Waals surface area contributed by atoms with Crippen LogP contribution in [0, 0.1) is 17.0 Å². The van der Waals surface area contributed by atoms with E-state index < -0.39 is 16.7 Å². The summed E-state index contributed by atoms with van der Waals surface area (Å²) in [7, 11) is 0.